The van der Waals surface area contributed by atoms with Gasteiger partial charge in [0.2, 0.25) is 0 Å². The van der Waals surface area contributed by atoms with Gasteiger partial charge in [0, 0.05) is 18.6 Å². The molecule has 0 atom stereocenters. The van der Waals surface area contributed by atoms with Gasteiger partial charge >= 0.3 is 0 Å². The maximum atomic E-state index is 12.2. The molecule has 2 rings (SSSR count). The van der Waals surface area contributed by atoms with Gasteiger partial charge in [-0.05, 0) is 48.6 Å². The number of hydrogen-bond acceptors (Lipinski definition) is 4. The van der Waals surface area contributed by atoms with Gasteiger partial charge in [0.1, 0.15) is 9.96 Å². The molecule has 0 aliphatic rings. The van der Waals surface area contributed by atoms with E-state index < -0.39 is 10.0 Å². The largest absolute Gasteiger partial charge is 0.494 e. The molecule has 7 heteroatoms. The summed E-state index contributed by atoms with van der Waals surface area (Å²) in [6, 6.07) is 10.5. The van der Waals surface area contributed by atoms with Gasteiger partial charge in [-0.3, -0.25) is 0 Å². The van der Waals surface area contributed by atoms with Crippen molar-refractivity contribution in [3.63, 3.8) is 0 Å². The van der Waals surface area contributed by atoms with E-state index in [1.807, 2.05) is 12.1 Å². The first-order chi connectivity index (χ1) is 10.5. The standard InChI is InChI=1S/C15H18ClNO3S2/c1-17(22(18,19)15-5-4-12-21-15)10-2-3-11-20-14-8-6-13(16)7-9-14/h4-9,12H,2-3,10-11H2,1H3. The van der Waals surface area contributed by atoms with Crippen LogP contribution in [0.15, 0.2) is 46.0 Å². The Morgan fingerprint density at radius 3 is 2.55 bits per heavy atom. The van der Waals surface area contributed by atoms with Crippen LogP contribution in [0.1, 0.15) is 12.8 Å². The topological polar surface area (TPSA) is 46.6 Å². The first-order valence-corrected chi connectivity index (χ1v) is 9.58. The van der Waals surface area contributed by atoms with Crippen LogP contribution < -0.4 is 4.74 Å². The van der Waals surface area contributed by atoms with Gasteiger partial charge in [0.05, 0.1) is 6.61 Å². The molecular formula is C15H18ClNO3S2. The summed E-state index contributed by atoms with van der Waals surface area (Å²) >= 11 is 7.03. The Morgan fingerprint density at radius 2 is 1.91 bits per heavy atom. The van der Waals surface area contributed by atoms with E-state index in [1.165, 1.54) is 15.6 Å². The van der Waals surface area contributed by atoms with Gasteiger partial charge in [0.25, 0.3) is 10.0 Å². The van der Waals surface area contributed by atoms with Crippen LogP contribution in [0.25, 0.3) is 0 Å². The molecule has 0 amide bonds. The Kier molecular flexibility index (Phi) is 6.26. The predicted molar refractivity (Wildman–Crippen MR) is 90.3 cm³/mol. The highest BCUT2D eigenvalue weighted by Crippen LogP contribution is 2.20. The van der Waals surface area contributed by atoms with E-state index in [9.17, 15) is 8.42 Å². The van der Waals surface area contributed by atoms with Crippen LogP contribution in [0, 0.1) is 0 Å². The predicted octanol–water partition coefficient (Wildman–Crippen LogP) is 3.88. The number of sulfonamides is 1. The lowest BCUT2D eigenvalue weighted by molar-refractivity contribution is 0.301. The summed E-state index contributed by atoms with van der Waals surface area (Å²) < 4.78 is 31.8. The lowest BCUT2D eigenvalue weighted by Gasteiger charge is -2.15. The zero-order chi connectivity index (χ0) is 16.0. The molecule has 0 fully saturated rings. The van der Waals surface area contributed by atoms with Crippen LogP contribution in [-0.4, -0.2) is 32.9 Å². The van der Waals surface area contributed by atoms with Crippen LogP contribution >= 0.6 is 22.9 Å². The zero-order valence-electron chi connectivity index (χ0n) is 12.2. The second kappa shape index (κ2) is 7.97. The van der Waals surface area contributed by atoms with Crippen molar-refractivity contribution in [2.75, 3.05) is 20.2 Å². The average molecular weight is 360 g/mol. The molecule has 22 heavy (non-hydrogen) atoms. The summed E-state index contributed by atoms with van der Waals surface area (Å²) in [6.07, 6.45) is 1.53. The van der Waals surface area contributed by atoms with E-state index in [0.29, 0.717) is 22.4 Å². The quantitative estimate of drug-likeness (QED) is 0.672. The monoisotopic (exact) mass is 359 g/mol. The average Bonchev–Trinajstić information content (AvgIpc) is 3.03. The molecular weight excluding hydrogens is 342 g/mol. The van der Waals surface area contributed by atoms with Crippen molar-refractivity contribution in [1.82, 2.24) is 4.31 Å². The molecule has 0 radical (unpaired) electrons. The van der Waals surface area contributed by atoms with Crippen molar-refractivity contribution in [2.24, 2.45) is 0 Å². The van der Waals surface area contributed by atoms with E-state index in [-0.39, 0.29) is 0 Å². The number of nitrogens with zero attached hydrogens (tertiary/aromatic N) is 1. The van der Waals surface area contributed by atoms with Crippen molar-refractivity contribution < 1.29 is 13.2 Å². The smallest absolute Gasteiger partial charge is 0.252 e. The molecule has 4 nitrogen and oxygen atoms in total. The molecule has 1 heterocycles. The van der Waals surface area contributed by atoms with Crippen molar-refractivity contribution >= 4 is 33.0 Å². The summed E-state index contributed by atoms with van der Waals surface area (Å²) in [5, 5.41) is 2.44. The van der Waals surface area contributed by atoms with Gasteiger partial charge in [-0.15, -0.1) is 11.3 Å². The molecule has 0 aliphatic heterocycles. The highest BCUT2D eigenvalue weighted by Gasteiger charge is 2.20. The van der Waals surface area contributed by atoms with Gasteiger partial charge in [-0.1, -0.05) is 17.7 Å². The van der Waals surface area contributed by atoms with Gasteiger partial charge in [-0.25, -0.2) is 12.7 Å². The number of hydrogen-bond donors (Lipinski definition) is 0. The molecule has 1 aromatic carbocycles. The van der Waals surface area contributed by atoms with Crippen LogP contribution in [0.3, 0.4) is 0 Å². The zero-order valence-corrected chi connectivity index (χ0v) is 14.6. The Morgan fingerprint density at radius 1 is 1.18 bits per heavy atom. The van der Waals surface area contributed by atoms with Crippen LogP contribution in [0.2, 0.25) is 5.02 Å². The van der Waals surface area contributed by atoms with Crippen LogP contribution in [0.4, 0.5) is 0 Å². The molecule has 120 valence electrons. The van der Waals surface area contributed by atoms with Crippen molar-refractivity contribution in [1.29, 1.82) is 0 Å². The molecule has 0 aliphatic carbocycles. The fourth-order valence-corrected chi connectivity index (χ4v) is 4.38. The SMILES string of the molecule is CN(CCCCOc1ccc(Cl)cc1)S(=O)(=O)c1cccs1. The molecule has 0 N–H and O–H groups in total. The molecule has 0 saturated carbocycles. The number of unbranched alkanes of at least 4 members (excludes halogenated alkanes) is 1. The first kappa shape index (κ1) is 17.3. The van der Waals surface area contributed by atoms with Crippen LogP contribution in [-0.2, 0) is 10.0 Å². The summed E-state index contributed by atoms with van der Waals surface area (Å²) in [5.41, 5.74) is 0. The van der Waals surface area contributed by atoms with E-state index in [4.69, 9.17) is 16.3 Å². The van der Waals surface area contributed by atoms with E-state index in [2.05, 4.69) is 0 Å². The van der Waals surface area contributed by atoms with E-state index in [1.54, 1.807) is 36.7 Å². The molecule has 0 saturated heterocycles. The molecule has 0 bridgehead atoms. The molecule has 2 aromatic rings. The fourth-order valence-electron chi connectivity index (χ4n) is 1.84. The summed E-state index contributed by atoms with van der Waals surface area (Å²) in [7, 11) is -1.74. The Hall–Kier alpha value is -1.08. The Balaban J connectivity index is 1.71. The number of halogens is 1. The molecule has 0 spiro atoms. The summed E-state index contributed by atoms with van der Waals surface area (Å²) in [6.45, 7) is 1.03. The van der Waals surface area contributed by atoms with Crippen molar-refractivity contribution in [3.8, 4) is 5.75 Å². The minimum atomic E-state index is -3.34. The van der Waals surface area contributed by atoms with Gasteiger partial charge in [0.15, 0.2) is 0 Å². The first-order valence-electron chi connectivity index (χ1n) is 6.88. The minimum absolute atomic E-state index is 0.382. The van der Waals surface area contributed by atoms with E-state index in [0.717, 1.165) is 18.6 Å². The third-order valence-corrected chi connectivity index (χ3v) is 6.59. The van der Waals surface area contributed by atoms with Crippen molar-refractivity contribution in [2.45, 2.75) is 17.1 Å². The fraction of sp³-hybridized carbons (Fsp3) is 0.333. The number of rotatable bonds is 8. The lowest BCUT2D eigenvalue weighted by atomic mass is 10.3. The van der Waals surface area contributed by atoms with E-state index >= 15 is 0 Å². The minimum Gasteiger partial charge on any atom is -0.494 e. The Labute approximate surface area is 140 Å². The Bertz CT molecular complexity index is 669. The summed E-state index contributed by atoms with van der Waals surface area (Å²) in [4.78, 5) is 0. The molecule has 1 aromatic heterocycles. The second-order valence-electron chi connectivity index (χ2n) is 4.77. The van der Waals surface area contributed by atoms with Crippen LogP contribution in [0.5, 0.6) is 5.75 Å². The highest BCUT2D eigenvalue weighted by atomic mass is 35.5. The third-order valence-electron chi connectivity index (χ3n) is 3.11. The summed E-state index contributed by atoms with van der Waals surface area (Å²) in [5.74, 6) is 0.768. The van der Waals surface area contributed by atoms with Gasteiger partial charge in [-0.2, -0.15) is 0 Å². The number of benzene rings is 1. The van der Waals surface area contributed by atoms with Gasteiger partial charge < -0.3 is 4.74 Å². The lowest BCUT2D eigenvalue weighted by Crippen LogP contribution is -2.27. The maximum Gasteiger partial charge on any atom is 0.252 e. The highest BCUT2D eigenvalue weighted by molar-refractivity contribution is 7.91. The second-order valence-corrected chi connectivity index (χ2v) is 8.42. The van der Waals surface area contributed by atoms with Crippen molar-refractivity contribution in [3.05, 3.63) is 46.8 Å². The number of thiophene rings is 1. The normalized spacial score (nSPS) is 11.8. The number of ether oxygens (including phenoxy) is 1. The molecule has 0 unspecified atom stereocenters. The third kappa shape index (κ3) is 4.71. The maximum absolute atomic E-state index is 12.2.